The first-order valence-electron chi connectivity index (χ1n) is 9.16. The summed E-state index contributed by atoms with van der Waals surface area (Å²) in [6.45, 7) is 2.13. The van der Waals surface area contributed by atoms with Crippen molar-refractivity contribution >= 4 is 24.3 Å². The lowest BCUT2D eigenvalue weighted by atomic mass is 10.0. The van der Waals surface area contributed by atoms with Gasteiger partial charge in [0, 0.05) is 17.7 Å². The summed E-state index contributed by atoms with van der Waals surface area (Å²) in [4.78, 5) is 24.5. The van der Waals surface area contributed by atoms with Gasteiger partial charge in [-0.1, -0.05) is 50.5 Å². The van der Waals surface area contributed by atoms with Crippen LogP contribution in [0.4, 0.5) is 0 Å². The third-order valence-electron chi connectivity index (χ3n) is 4.17. The molecule has 0 spiro atoms. The number of aromatic nitrogens is 4. The molecule has 0 saturated heterocycles. The largest absolute Gasteiger partial charge is 0.345 e. The van der Waals surface area contributed by atoms with Crippen LogP contribution in [-0.4, -0.2) is 43.9 Å². The Balaban J connectivity index is 1.85. The molecule has 0 bridgehead atoms. The lowest BCUT2D eigenvalue weighted by molar-refractivity contribution is -0.127. The number of hydrogen-bond acceptors (Lipinski definition) is 7. The molecular formula is C19H25N5O2S. The molecule has 2 rings (SSSR count). The first-order valence-corrected chi connectivity index (χ1v) is 9.80. The van der Waals surface area contributed by atoms with Crippen molar-refractivity contribution in [2.75, 3.05) is 5.75 Å². The third kappa shape index (κ3) is 7.05. The fourth-order valence-electron chi connectivity index (χ4n) is 2.65. The van der Waals surface area contributed by atoms with Crippen molar-refractivity contribution in [2.45, 2.75) is 51.5 Å². The molecular weight excluding hydrogens is 362 g/mol. The second kappa shape index (κ2) is 11.4. The number of nitrogens with one attached hydrogen (secondary N) is 1. The number of benzene rings is 1. The fraction of sp³-hybridized carbons (Fsp3) is 0.474. The highest BCUT2D eigenvalue weighted by Crippen LogP contribution is 2.14. The Morgan fingerprint density at radius 2 is 1.78 bits per heavy atom. The topological polar surface area (TPSA) is 97.7 Å². The number of rotatable bonds is 11. The second-order valence-corrected chi connectivity index (χ2v) is 6.69. The van der Waals surface area contributed by atoms with Gasteiger partial charge in [0.2, 0.25) is 11.7 Å². The van der Waals surface area contributed by atoms with E-state index < -0.39 is 6.04 Å². The quantitative estimate of drug-likeness (QED) is 0.454. The standard InChI is InChI=1S/C19H25N5O2S/c1-2-3-4-5-6-17(25)16(12-27)22-18(26)11-14-7-9-15(10-8-14)19-23-20-13-21-24-19/h7-10,13,16,27H,2-6,11-12H2,1H3,(H,22,26). The molecule has 0 aliphatic heterocycles. The van der Waals surface area contributed by atoms with Crippen LogP contribution in [-0.2, 0) is 16.0 Å². The number of ketones is 1. The molecule has 1 aromatic carbocycles. The highest BCUT2D eigenvalue weighted by molar-refractivity contribution is 7.80. The smallest absolute Gasteiger partial charge is 0.225 e. The summed E-state index contributed by atoms with van der Waals surface area (Å²) >= 11 is 4.21. The summed E-state index contributed by atoms with van der Waals surface area (Å²) in [7, 11) is 0. The molecule has 0 aliphatic carbocycles. The Hall–Kier alpha value is -2.35. The Morgan fingerprint density at radius 1 is 1.07 bits per heavy atom. The van der Waals surface area contributed by atoms with Gasteiger partial charge in [0.05, 0.1) is 12.5 Å². The minimum atomic E-state index is -0.531. The molecule has 1 N–H and O–H groups in total. The van der Waals surface area contributed by atoms with E-state index in [4.69, 9.17) is 0 Å². The lowest BCUT2D eigenvalue weighted by Crippen LogP contribution is -2.42. The van der Waals surface area contributed by atoms with E-state index in [9.17, 15) is 9.59 Å². The maximum atomic E-state index is 12.3. The molecule has 0 saturated carbocycles. The van der Waals surface area contributed by atoms with Crippen molar-refractivity contribution in [2.24, 2.45) is 0 Å². The summed E-state index contributed by atoms with van der Waals surface area (Å²) < 4.78 is 0. The number of unbranched alkanes of at least 4 members (excludes halogenated alkanes) is 3. The van der Waals surface area contributed by atoms with Crippen molar-refractivity contribution in [3.8, 4) is 11.4 Å². The van der Waals surface area contributed by atoms with Crippen molar-refractivity contribution in [3.63, 3.8) is 0 Å². The van der Waals surface area contributed by atoms with Crippen LogP contribution in [0.1, 0.15) is 44.6 Å². The van der Waals surface area contributed by atoms with E-state index in [0.717, 1.165) is 36.8 Å². The average Bonchev–Trinajstić information content (AvgIpc) is 2.70. The number of carbonyl (C=O) groups is 2. The Morgan fingerprint density at radius 3 is 2.41 bits per heavy atom. The first kappa shape index (κ1) is 21.0. The Kier molecular flexibility index (Phi) is 8.83. The highest BCUT2D eigenvalue weighted by atomic mass is 32.1. The van der Waals surface area contributed by atoms with Gasteiger partial charge in [-0.15, -0.1) is 20.4 Å². The predicted molar refractivity (Wildman–Crippen MR) is 106 cm³/mol. The second-order valence-electron chi connectivity index (χ2n) is 6.32. The van der Waals surface area contributed by atoms with Gasteiger partial charge in [-0.2, -0.15) is 12.6 Å². The fourth-order valence-corrected chi connectivity index (χ4v) is 2.95. The third-order valence-corrected chi connectivity index (χ3v) is 4.53. The van der Waals surface area contributed by atoms with Gasteiger partial charge in [0.25, 0.3) is 0 Å². The number of carbonyl (C=O) groups excluding carboxylic acids is 2. The average molecular weight is 388 g/mol. The molecule has 0 radical (unpaired) electrons. The van der Waals surface area contributed by atoms with Gasteiger partial charge in [-0.05, 0) is 12.0 Å². The summed E-state index contributed by atoms with van der Waals surface area (Å²) in [5.41, 5.74) is 1.61. The maximum absolute atomic E-state index is 12.3. The van der Waals surface area contributed by atoms with E-state index in [1.54, 1.807) is 0 Å². The van der Waals surface area contributed by atoms with Crippen LogP contribution in [0.2, 0.25) is 0 Å². The van der Waals surface area contributed by atoms with Gasteiger partial charge in [-0.25, -0.2) is 0 Å². The van der Waals surface area contributed by atoms with Crippen molar-refractivity contribution in [1.82, 2.24) is 25.7 Å². The van der Waals surface area contributed by atoms with Crippen LogP contribution in [0.5, 0.6) is 0 Å². The van der Waals surface area contributed by atoms with E-state index in [0.29, 0.717) is 18.0 Å². The summed E-state index contributed by atoms with van der Waals surface area (Å²) in [5.74, 6) is 0.592. The number of hydrogen-bond donors (Lipinski definition) is 2. The van der Waals surface area contributed by atoms with E-state index in [1.165, 1.54) is 6.33 Å². The molecule has 7 nitrogen and oxygen atoms in total. The van der Waals surface area contributed by atoms with Crippen LogP contribution in [0.15, 0.2) is 30.6 Å². The highest BCUT2D eigenvalue weighted by Gasteiger charge is 2.18. The minimum absolute atomic E-state index is 0.0472. The van der Waals surface area contributed by atoms with E-state index in [2.05, 4.69) is 45.3 Å². The van der Waals surface area contributed by atoms with Crippen LogP contribution in [0.25, 0.3) is 11.4 Å². The lowest BCUT2D eigenvalue weighted by Gasteiger charge is -2.15. The Bertz CT molecular complexity index is 725. The van der Waals surface area contributed by atoms with E-state index in [-0.39, 0.29) is 18.1 Å². The SMILES string of the molecule is CCCCCCC(=O)C(CS)NC(=O)Cc1ccc(-c2nncnn2)cc1. The summed E-state index contributed by atoms with van der Waals surface area (Å²) in [5, 5.41) is 18.0. The number of amides is 1. The van der Waals surface area contributed by atoms with E-state index in [1.807, 2.05) is 24.3 Å². The van der Waals surface area contributed by atoms with Crippen LogP contribution >= 0.6 is 12.6 Å². The molecule has 144 valence electrons. The summed E-state index contributed by atoms with van der Waals surface area (Å²) in [6.07, 6.45) is 6.10. The van der Waals surface area contributed by atoms with Crippen LogP contribution in [0, 0.1) is 0 Å². The monoisotopic (exact) mass is 387 g/mol. The van der Waals surface area contributed by atoms with Gasteiger partial charge in [0.15, 0.2) is 12.1 Å². The van der Waals surface area contributed by atoms with E-state index >= 15 is 0 Å². The minimum Gasteiger partial charge on any atom is -0.345 e. The van der Waals surface area contributed by atoms with Crippen molar-refractivity contribution in [1.29, 1.82) is 0 Å². The molecule has 1 aromatic heterocycles. The molecule has 0 fully saturated rings. The van der Waals surface area contributed by atoms with Crippen LogP contribution in [0.3, 0.4) is 0 Å². The molecule has 1 unspecified atom stereocenters. The maximum Gasteiger partial charge on any atom is 0.225 e. The summed E-state index contributed by atoms with van der Waals surface area (Å²) in [6, 6.07) is 6.75. The molecule has 8 heteroatoms. The molecule has 27 heavy (non-hydrogen) atoms. The van der Waals surface area contributed by atoms with Gasteiger partial charge >= 0.3 is 0 Å². The predicted octanol–water partition coefficient (Wildman–Crippen LogP) is 2.43. The number of thiol groups is 1. The molecule has 1 atom stereocenters. The molecule has 1 heterocycles. The normalized spacial score (nSPS) is 11.8. The zero-order chi connectivity index (χ0) is 19.5. The molecule has 1 amide bonds. The van der Waals surface area contributed by atoms with Crippen molar-refractivity contribution in [3.05, 3.63) is 36.2 Å². The van der Waals surface area contributed by atoms with Crippen LogP contribution < -0.4 is 5.32 Å². The molecule has 2 aromatic rings. The van der Waals surface area contributed by atoms with Gasteiger partial charge in [0.1, 0.15) is 0 Å². The van der Waals surface area contributed by atoms with Crippen molar-refractivity contribution < 1.29 is 9.59 Å². The zero-order valence-electron chi connectivity index (χ0n) is 15.5. The zero-order valence-corrected chi connectivity index (χ0v) is 16.4. The number of nitrogens with zero attached hydrogens (tertiary/aromatic N) is 4. The molecule has 0 aliphatic rings. The van der Waals surface area contributed by atoms with Gasteiger partial charge in [-0.3, -0.25) is 9.59 Å². The number of Topliss-reactive ketones (excluding diaryl/α,β-unsaturated/α-hetero) is 1. The first-order chi connectivity index (χ1) is 13.1. The Labute approximate surface area is 164 Å². The van der Waals surface area contributed by atoms with Gasteiger partial charge < -0.3 is 5.32 Å².